The maximum Gasteiger partial charge on any atom is 0.265 e. The number of aldehydes is 1. The summed E-state index contributed by atoms with van der Waals surface area (Å²) in [5.41, 5.74) is 1.53. The lowest BCUT2D eigenvalue weighted by atomic mass is 10.0. The van der Waals surface area contributed by atoms with Gasteiger partial charge in [0.1, 0.15) is 18.3 Å². The van der Waals surface area contributed by atoms with Crippen LogP contribution in [-0.4, -0.2) is 57.0 Å². The molecule has 1 amide bonds. The van der Waals surface area contributed by atoms with E-state index in [2.05, 4.69) is 5.84 Å². The van der Waals surface area contributed by atoms with Gasteiger partial charge in [0.25, 0.3) is 5.91 Å². The van der Waals surface area contributed by atoms with E-state index in [-0.39, 0.29) is 6.29 Å². The molecule has 8 nitrogen and oxygen atoms in total. The number of nitrogens with one attached hydrogen (secondary N) is 1. The van der Waals surface area contributed by atoms with E-state index in [0.717, 1.165) is 0 Å². The van der Waals surface area contributed by atoms with E-state index in [1.54, 1.807) is 0 Å². The Morgan fingerprint density at radius 3 is 2.07 bits per heavy atom. The van der Waals surface area contributed by atoms with Crippen LogP contribution in [0.5, 0.6) is 0 Å². The van der Waals surface area contributed by atoms with Crippen LogP contribution in [0.15, 0.2) is 0 Å². The van der Waals surface area contributed by atoms with Crippen molar-refractivity contribution in [1.29, 1.82) is 0 Å². The molecule has 0 saturated carbocycles. The summed E-state index contributed by atoms with van der Waals surface area (Å²) in [7, 11) is 0. The molecule has 0 aliphatic carbocycles. The summed E-state index contributed by atoms with van der Waals surface area (Å²) in [6, 6.07) is 0. The minimum Gasteiger partial charge on any atom is -0.387 e. The van der Waals surface area contributed by atoms with Crippen LogP contribution in [-0.2, 0) is 9.59 Å². The van der Waals surface area contributed by atoms with E-state index < -0.39 is 30.3 Å². The lowest BCUT2D eigenvalue weighted by molar-refractivity contribution is -0.149. The topological polar surface area (TPSA) is 153 Å². The van der Waals surface area contributed by atoms with Crippen LogP contribution in [0.1, 0.15) is 0 Å². The molecule has 0 aromatic carbocycles. The van der Waals surface area contributed by atoms with Crippen molar-refractivity contribution >= 4 is 12.2 Å². The molecule has 0 aromatic rings. The summed E-state index contributed by atoms with van der Waals surface area (Å²) < 4.78 is 0. The normalized spacial score (nSPS) is 19.2. The summed E-state index contributed by atoms with van der Waals surface area (Å²) in [5, 5.41) is 35.8. The van der Waals surface area contributed by atoms with Crippen LogP contribution < -0.4 is 11.3 Å². The van der Waals surface area contributed by atoms with Crippen molar-refractivity contribution in [2.45, 2.75) is 24.4 Å². The molecule has 8 heteroatoms. The number of hydrogen-bond donors (Lipinski definition) is 6. The summed E-state index contributed by atoms with van der Waals surface area (Å²) in [4.78, 5) is 20.6. The Balaban J connectivity index is 4.37. The van der Waals surface area contributed by atoms with Gasteiger partial charge < -0.3 is 25.2 Å². The molecule has 0 fully saturated rings. The van der Waals surface area contributed by atoms with Gasteiger partial charge in [-0.3, -0.25) is 10.2 Å². The highest BCUT2D eigenvalue weighted by molar-refractivity contribution is 5.80. The highest BCUT2D eigenvalue weighted by Crippen LogP contribution is 2.03. The third-order valence-corrected chi connectivity index (χ3v) is 1.57. The number of aliphatic hydroxyl groups excluding tert-OH is 4. The van der Waals surface area contributed by atoms with Gasteiger partial charge in [-0.15, -0.1) is 0 Å². The Bertz CT molecular complexity index is 210. The van der Waals surface area contributed by atoms with Gasteiger partial charge in [-0.2, -0.15) is 0 Å². The zero-order valence-corrected chi connectivity index (χ0v) is 7.07. The fourth-order valence-electron chi connectivity index (χ4n) is 0.710. The molecular weight excluding hydrogens is 196 g/mol. The molecular formula is C6H12N2O6. The number of carbonyl (C=O) groups excluding carboxylic acids is 2. The first-order chi connectivity index (χ1) is 6.45. The Morgan fingerprint density at radius 2 is 1.71 bits per heavy atom. The van der Waals surface area contributed by atoms with E-state index in [9.17, 15) is 9.59 Å². The van der Waals surface area contributed by atoms with E-state index in [1.165, 1.54) is 5.43 Å². The Morgan fingerprint density at radius 1 is 1.21 bits per heavy atom. The second kappa shape index (κ2) is 5.62. The molecule has 0 spiro atoms. The maximum atomic E-state index is 10.6. The zero-order valence-electron chi connectivity index (χ0n) is 7.07. The van der Waals surface area contributed by atoms with Gasteiger partial charge in [0.2, 0.25) is 0 Å². The Labute approximate surface area is 78.9 Å². The molecule has 7 N–H and O–H groups in total. The van der Waals surface area contributed by atoms with Gasteiger partial charge >= 0.3 is 0 Å². The Hall–Kier alpha value is -1.06. The second-order valence-electron chi connectivity index (χ2n) is 2.56. The summed E-state index contributed by atoms with van der Waals surface area (Å²) in [6.07, 6.45) is -7.91. The molecule has 0 rings (SSSR count). The highest BCUT2D eigenvalue weighted by atomic mass is 16.4. The van der Waals surface area contributed by atoms with E-state index in [0.29, 0.717) is 0 Å². The second-order valence-corrected chi connectivity index (χ2v) is 2.56. The van der Waals surface area contributed by atoms with Crippen LogP contribution in [0, 0.1) is 0 Å². The molecule has 0 aromatic heterocycles. The molecule has 0 heterocycles. The standard InChI is InChI=1S/C6H12N2O6/c7-8-6(14)5(13)4(12)3(11)2(10)1-9/h1-5,10-13H,7H2,(H,8,14)/t2-,3-,4+,5+/m1/s1. The SMILES string of the molecule is NNC(=O)[C@@H](O)[C@@H](O)[C@H](O)[C@H](O)C=O. The lowest BCUT2D eigenvalue weighted by Gasteiger charge is -2.22. The fraction of sp³-hybridized carbons (Fsp3) is 0.667. The number of carbonyl (C=O) groups is 2. The third kappa shape index (κ3) is 3.01. The quantitative estimate of drug-likeness (QED) is 0.115. The monoisotopic (exact) mass is 208 g/mol. The Kier molecular flexibility index (Phi) is 5.20. The summed E-state index contributed by atoms with van der Waals surface area (Å²) >= 11 is 0. The molecule has 0 aliphatic heterocycles. The average Bonchev–Trinajstić information content (AvgIpc) is 2.23. The summed E-state index contributed by atoms with van der Waals surface area (Å²) in [6.45, 7) is 0. The molecule has 82 valence electrons. The van der Waals surface area contributed by atoms with Gasteiger partial charge in [-0.1, -0.05) is 0 Å². The zero-order chi connectivity index (χ0) is 11.3. The van der Waals surface area contributed by atoms with Gasteiger partial charge in [0, 0.05) is 0 Å². The molecule has 0 saturated heterocycles. The number of rotatable bonds is 5. The van der Waals surface area contributed by atoms with Gasteiger partial charge in [0.05, 0.1) is 0 Å². The predicted molar refractivity (Wildman–Crippen MR) is 42.4 cm³/mol. The predicted octanol–water partition coefficient (Wildman–Crippen LogP) is -4.38. The highest BCUT2D eigenvalue weighted by Gasteiger charge is 2.33. The first-order valence-electron chi connectivity index (χ1n) is 3.63. The van der Waals surface area contributed by atoms with Crippen molar-refractivity contribution in [2.24, 2.45) is 5.84 Å². The number of hydrogen-bond acceptors (Lipinski definition) is 7. The number of amides is 1. The maximum absolute atomic E-state index is 10.6. The molecule has 0 unspecified atom stereocenters. The van der Waals surface area contributed by atoms with Crippen molar-refractivity contribution in [3.05, 3.63) is 0 Å². The largest absolute Gasteiger partial charge is 0.387 e. The number of nitrogens with two attached hydrogens (primary N) is 1. The van der Waals surface area contributed by atoms with Crippen molar-refractivity contribution in [3.8, 4) is 0 Å². The van der Waals surface area contributed by atoms with Crippen LogP contribution in [0.25, 0.3) is 0 Å². The van der Waals surface area contributed by atoms with Crippen molar-refractivity contribution in [3.63, 3.8) is 0 Å². The van der Waals surface area contributed by atoms with E-state index in [4.69, 9.17) is 20.4 Å². The number of hydrazine groups is 1. The van der Waals surface area contributed by atoms with Crippen LogP contribution in [0.3, 0.4) is 0 Å². The minimum atomic E-state index is -2.02. The van der Waals surface area contributed by atoms with Crippen molar-refractivity contribution in [1.82, 2.24) is 5.43 Å². The van der Waals surface area contributed by atoms with E-state index >= 15 is 0 Å². The molecule has 0 radical (unpaired) electrons. The smallest absolute Gasteiger partial charge is 0.265 e. The van der Waals surface area contributed by atoms with Crippen LogP contribution in [0.2, 0.25) is 0 Å². The van der Waals surface area contributed by atoms with Crippen molar-refractivity contribution < 1.29 is 30.0 Å². The van der Waals surface area contributed by atoms with Crippen LogP contribution in [0.4, 0.5) is 0 Å². The number of aliphatic hydroxyl groups is 4. The first-order valence-corrected chi connectivity index (χ1v) is 3.63. The molecule has 14 heavy (non-hydrogen) atoms. The molecule has 0 aliphatic rings. The van der Waals surface area contributed by atoms with Crippen LogP contribution >= 0.6 is 0 Å². The van der Waals surface area contributed by atoms with Gasteiger partial charge in [0.15, 0.2) is 12.4 Å². The van der Waals surface area contributed by atoms with Gasteiger partial charge in [-0.25, -0.2) is 5.84 Å². The first kappa shape index (κ1) is 12.9. The van der Waals surface area contributed by atoms with E-state index in [1.807, 2.05) is 0 Å². The van der Waals surface area contributed by atoms with Gasteiger partial charge in [-0.05, 0) is 0 Å². The molecule has 4 atom stereocenters. The lowest BCUT2D eigenvalue weighted by Crippen LogP contribution is -2.52. The third-order valence-electron chi connectivity index (χ3n) is 1.57. The minimum absolute atomic E-state index is 0.0407. The van der Waals surface area contributed by atoms with Crippen molar-refractivity contribution in [2.75, 3.05) is 0 Å². The summed E-state index contributed by atoms with van der Waals surface area (Å²) in [5.74, 6) is 3.49. The fourth-order valence-corrected chi connectivity index (χ4v) is 0.710. The average molecular weight is 208 g/mol. The molecule has 0 bridgehead atoms.